The molecule has 27 heavy (non-hydrogen) atoms. The van der Waals surface area contributed by atoms with Crippen LogP contribution in [0, 0.1) is 5.82 Å². The number of hydrogen-bond acceptors (Lipinski definition) is 3. The maximum atomic E-state index is 14.0. The fourth-order valence-corrected chi connectivity index (χ4v) is 4.54. The standard InChI is InChI=1S/C22H27ClFN3/c23-20-6-2-1-5-18(20)17-25-11-9-19(10-12-25)26-13-15-27(16-14-26)22-8-4-3-7-21(22)24/h1-8,19H,9-17H2. The molecule has 0 radical (unpaired) electrons. The summed E-state index contributed by atoms with van der Waals surface area (Å²) in [6.45, 7) is 7.01. The number of piperidine rings is 1. The quantitative estimate of drug-likeness (QED) is 0.775. The molecule has 0 saturated carbocycles. The molecule has 0 bridgehead atoms. The van der Waals surface area contributed by atoms with E-state index in [1.165, 1.54) is 18.4 Å². The molecular weight excluding hydrogens is 361 g/mol. The molecule has 0 unspecified atom stereocenters. The molecule has 0 spiro atoms. The Labute approximate surface area is 166 Å². The lowest BCUT2D eigenvalue weighted by Crippen LogP contribution is -2.53. The van der Waals surface area contributed by atoms with Crippen LogP contribution in [0.1, 0.15) is 18.4 Å². The third-order valence-corrected chi connectivity index (χ3v) is 6.30. The van der Waals surface area contributed by atoms with Gasteiger partial charge in [0, 0.05) is 43.8 Å². The van der Waals surface area contributed by atoms with E-state index in [1.54, 1.807) is 12.1 Å². The second kappa shape index (κ2) is 8.59. The molecule has 2 fully saturated rings. The van der Waals surface area contributed by atoms with Crippen molar-refractivity contribution in [1.29, 1.82) is 0 Å². The Morgan fingerprint density at radius 3 is 2.22 bits per heavy atom. The largest absolute Gasteiger partial charge is 0.367 e. The predicted octanol–water partition coefficient (Wildman–Crippen LogP) is 4.27. The highest BCUT2D eigenvalue weighted by Gasteiger charge is 2.28. The Morgan fingerprint density at radius 2 is 1.52 bits per heavy atom. The third-order valence-electron chi connectivity index (χ3n) is 5.93. The lowest BCUT2D eigenvalue weighted by molar-refractivity contribution is 0.0997. The molecule has 2 aromatic rings. The second-order valence-electron chi connectivity index (χ2n) is 7.57. The molecule has 0 atom stereocenters. The highest BCUT2D eigenvalue weighted by Crippen LogP contribution is 2.25. The molecule has 0 amide bonds. The molecule has 4 rings (SSSR count). The number of hydrogen-bond donors (Lipinski definition) is 0. The monoisotopic (exact) mass is 387 g/mol. The topological polar surface area (TPSA) is 9.72 Å². The summed E-state index contributed by atoms with van der Waals surface area (Å²) in [7, 11) is 0. The van der Waals surface area contributed by atoms with Crippen LogP contribution in [-0.4, -0.2) is 55.1 Å². The van der Waals surface area contributed by atoms with Gasteiger partial charge in [-0.3, -0.25) is 9.80 Å². The van der Waals surface area contributed by atoms with Crippen molar-refractivity contribution in [2.45, 2.75) is 25.4 Å². The Hall–Kier alpha value is -1.62. The van der Waals surface area contributed by atoms with Crippen LogP contribution in [0.4, 0.5) is 10.1 Å². The molecular formula is C22H27ClFN3. The van der Waals surface area contributed by atoms with Gasteiger partial charge in [0.15, 0.2) is 0 Å². The Kier molecular flexibility index (Phi) is 5.96. The molecule has 2 heterocycles. The van der Waals surface area contributed by atoms with Crippen molar-refractivity contribution in [3.8, 4) is 0 Å². The summed E-state index contributed by atoms with van der Waals surface area (Å²) >= 11 is 6.30. The van der Waals surface area contributed by atoms with Crippen LogP contribution in [0.25, 0.3) is 0 Å². The second-order valence-corrected chi connectivity index (χ2v) is 7.98. The van der Waals surface area contributed by atoms with E-state index in [9.17, 15) is 4.39 Å². The summed E-state index contributed by atoms with van der Waals surface area (Å²) in [6.07, 6.45) is 2.40. The van der Waals surface area contributed by atoms with Gasteiger partial charge in [0.2, 0.25) is 0 Å². The van der Waals surface area contributed by atoms with Gasteiger partial charge in [0.25, 0.3) is 0 Å². The van der Waals surface area contributed by atoms with E-state index in [0.29, 0.717) is 6.04 Å². The van der Waals surface area contributed by atoms with Crippen molar-refractivity contribution in [3.05, 3.63) is 64.9 Å². The normalized spacial score (nSPS) is 20.1. The Morgan fingerprint density at radius 1 is 0.852 bits per heavy atom. The van der Waals surface area contributed by atoms with Crippen LogP contribution in [0.15, 0.2) is 48.5 Å². The van der Waals surface area contributed by atoms with Crippen molar-refractivity contribution in [2.75, 3.05) is 44.2 Å². The van der Waals surface area contributed by atoms with E-state index in [4.69, 9.17) is 11.6 Å². The van der Waals surface area contributed by atoms with Crippen molar-refractivity contribution < 1.29 is 4.39 Å². The Balaban J connectivity index is 1.26. The molecule has 3 nitrogen and oxygen atoms in total. The van der Waals surface area contributed by atoms with Crippen molar-refractivity contribution in [2.24, 2.45) is 0 Å². The number of anilines is 1. The maximum Gasteiger partial charge on any atom is 0.146 e. The van der Waals surface area contributed by atoms with E-state index in [0.717, 1.165) is 56.5 Å². The first-order chi connectivity index (χ1) is 13.2. The van der Waals surface area contributed by atoms with Crippen LogP contribution in [-0.2, 0) is 6.54 Å². The minimum atomic E-state index is -0.112. The van der Waals surface area contributed by atoms with E-state index in [2.05, 4.69) is 26.8 Å². The molecule has 2 aromatic carbocycles. The van der Waals surface area contributed by atoms with E-state index in [-0.39, 0.29) is 5.82 Å². The van der Waals surface area contributed by atoms with E-state index in [1.807, 2.05) is 24.3 Å². The molecule has 0 aromatic heterocycles. The van der Waals surface area contributed by atoms with Crippen LogP contribution >= 0.6 is 11.6 Å². The summed E-state index contributed by atoms with van der Waals surface area (Å²) in [5.74, 6) is -0.112. The predicted molar refractivity (Wildman–Crippen MR) is 110 cm³/mol. The fraction of sp³-hybridized carbons (Fsp3) is 0.455. The summed E-state index contributed by atoms with van der Waals surface area (Å²) in [6, 6.07) is 15.9. The maximum absolute atomic E-state index is 14.0. The molecule has 2 aliphatic heterocycles. The average molecular weight is 388 g/mol. The molecule has 144 valence electrons. The smallest absolute Gasteiger partial charge is 0.146 e. The van der Waals surface area contributed by atoms with Crippen LogP contribution in [0.2, 0.25) is 5.02 Å². The average Bonchev–Trinajstić information content (AvgIpc) is 2.71. The van der Waals surface area contributed by atoms with Gasteiger partial charge in [0.05, 0.1) is 5.69 Å². The minimum Gasteiger partial charge on any atom is -0.367 e. The van der Waals surface area contributed by atoms with Crippen LogP contribution in [0.3, 0.4) is 0 Å². The number of likely N-dealkylation sites (tertiary alicyclic amines) is 1. The van der Waals surface area contributed by atoms with Crippen molar-refractivity contribution in [1.82, 2.24) is 9.80 Å². The first kappa shape index (κ1) is 18.7. The number of piperazine rings is 1. The van der Waals surface area contributed by atoms with Crippen molar-refractivity contribution in [3.63, 3.8) is 0 Å². The lowest BCUT2D eigenvalue weighted by Gasteiger charge is -2.43. The van der Waals surface area contributed by atoms with Crippen LogP contribution < -0.4 is 4.90 Å². The fourth-order valence-electron chi connectivity index (χ4n) is 4.35. The summed E-state index contributed by atoms with van der Waals surface area (Å²) < 4.78 is 14.0. The summed E-state index contributed by atoms with van der Waals surface area (Å²) in [5.41, 5.74) is 1.96. The minimum absolute atomic E-state index is 0.112. The van der Waals surface area contributed by atoms with Crippen LogP contribution in [0.5, 0.6) is 0 Å². The number of halogens is 2. The van der Waals surface area contributed by atoms with Gasteiger partial charge >= 0.3 is 0 Å². The molecule has 5 heteroatoms. The van der Waals surface area contributed by atoms with Gasteiger partial charge in [-0.15, -0.1) is 0 Å². The summed E-state index contributed by atoms with van der Waals surface area (Å²) in [4.78, 5) is 7.29. The number of para-hydroxylation sites is 1. The van der Waals surface area contributed by atoms with Gasteiger partial charge in [-0.05, 0) is 49.7 Å². The van der Waals surface area contributed by atoms with Gasteiger partial charge in [-0.2, -0.15) is 0 Å². The Bertz CT molecular complexity index is 753. The number of rotatable bonds is 4. The SMILES string of the molecule is Fc1ccccc1N1CCN(C2CCN(Cc3ccccc3Cl)CC2)CC1. The highest BCUT2D eigenvalue weighted by molar-refractivity contribution is 6.31. The molecule has 2 aliphatic rings. The van der Waals surface area contributed by atoms with E-state index < -0.39 is 0 Å². The third kappa shape index (κ3) is 4.45. The van der Waals surface area contributed by atoms with Gasteiger partial charge in [0.1, 0.15) is 5.82 Å². The number of benzene rings is 2. The highest BCUT2D eigenvalue weighted by atomic mass is 35.5. The van der Waals surface area contributed by atoms with Gasteiger partial charge in [-0.1, -0.05) is 41.9 Å². The zero-order valence-electron chi connectivity index (χ0n) is 15.7. The number of nitrogens with zero attached hydrogens (tertiary/aromatic N) is 3. The first-order valence-corrected chi connectivity index (χ1v) is 10.3. The molecule has 2 saturated heterocycles. The summed E-state index contributed by atoms with van der Waals surface area (Å²) in [5, 5.41) is 0.865. The van der Waals surface area contributed by atoms with E-state index >= 15 is 0 Å². The van der Waals surface area contributed by atoms with Gasteiger partial charge in [-0.25, -0.2) is 4.39 Å². The molecule has 0 aliphatic carbocycles. The molecule has 0 N–H and O–H groups in total. The lowest BCUT2D eigenvalue weighted by atomic mass is 10.0. The zero-order chi connectivity index (χ0) is 18.6. The van der Waals surface area contributed by atoms with Crippen molar-refractivity contribution >= 4 is 17.3 Å². The zero-order valence-corrected chi connectivity index (χ0v) is 16.4. The van der Waals surface area contributed by atoms with Gasteiger partial charge < -0.3 is 4.90 Å². The first-order valence-electron chi connectivity index (χ1n) is 9.90.